The molecule has 2 aliphatic rings. The van der Waals surface area contributed by atoms with E-state index in [0.717, 1.165) is 57.3 Å². The summed E-state index contributed by atoms with van der Waals surface area (Å²) >= 11 is 0. The van der Waals surface area contributed by atoms with Gasteiger partial charge in [0.25, 0.3) is 0 Å². The van der Waals surface area contributed by atoms with Crippen molar-refractivity contribution in [3.8, 4) is 0 Å². The third-order valence-corrected chi connectivity index (χ3v) is 9.40. The Morgan fingerprint density at radius 1 is 0.659 bits per heavy atom. The molecule has 2 aromatic carbocycles. The molecule has 41 heavy (non-hydrogen) atoms. The fourth-order valence-corrected chi connectivity index (χ4v) is 6.92. The third-order valence-electron chi connectivity index (χ3n) is 9.40. The minimum Gasteiger partial charge on any atom is -0.357 e. The van der Waals surface area contributed by atoms with Gasteiger partial charge in [-0.25, -0.2) is 9.97 Å². The van der Waals surface area contributed by atoms with Gasteiger partial charge in [0.1, 0.15) is 11.6 Å². The Balaban J connectivity index is 1.39. The molecule has 0 bridgehead atoms. The molecule has 0 spiro atoms. The Morgan fingerprint density at radius 2 is 1.32 bits per heavy atom. The second-order valence-corrected chi connectivity index (χ2v) is 14.1. The average molecular weight is 550 g/mol. The van der Waals surface area contributed by atoms with Gasteiger partial charge in [-0.05, 0) is 83.2 Å². The molecule has 0 N–H and O–H groups in total. The number of benzene rings is 2. The summed E-state index contributed by atoms with van der Waals surface area (Å²) in [5.74, 6) is 2.23. The van der Waals surface area contributed by atoms with E-state index in [-0.39, 0.29) is 10.8 Å². The normalized spacial score (nSPS) is 17.5. The summed E-state index contributed by atoms with van der Waals surface area (Å²) in [6, 6.07) is 16.2. The zero-order valence-corrected chi connectivity index (χ0v) is 26.0. The highest BCUT2D eigenvalue weighted by molar-refractivity contribution is 5.92. The summed E-state index contributed by atoms with van der Waals surface area (Å²) < 4.78 is 0. The first-order chi connectivity index (χ1) is 19.6. The number of likely N-dealkylation sites (N-methyl/N-ethyl adjacent to an activating group) is 1. The molecule has 5 nitrogen and oxygen atoms in total. The fraction of sp³-hybridized carbons (Fsp3) is 0.500. The number of hydrogen-bond acceptors (Lipinski definition) is 5. The highest BCUT2D eigenvalue weighted by Crippen LogP contribution is 2.39. The van der Waals surface area contributed by atoms with Crippen molar-refractivity contribution < 1.29 is 0 Å². The van der Waals surface area contributed by atoms with E-state index in [4.69, 9.17) is 9.97 Å². The number of anilines is 2. The van der Waals surface area contributed by atoms with Gasteiger partial charge in [0.2, 0.25) is 0 Å². The standard InChI is InChI=1S/C36H47N5/c1-35(2,3)31-14-13-27(28-22-34(38-25-30(28)31)41-19-17-39(6)18-20-41)23-36(4,5)32-12-10-11-26-21-33(37-24-29(26)32)40-15-8-7-9-16-40/h10-14,21-22,24-25H,7-9,15-20,23H2,1-6H3. The number of rotatable bonds is 5. The van der Waals surface area contributed by atoms with Crippen molar-refractivity contribution in [3.63, 3.8) is 0 Å². The van der Waals surface area contributed by atoms with Crippen molar-refractivity contribution in [2.45, 2.75) is 71.1 Å². The lowest BCUT2D eigenvalue weighted by atomic mass is 9.75. The molecule has 0 radical (unpaired) electrons. The first-order valence-corrected chi connectivity index (χ1v) is 15.6. The van der Waals surface area contributed by atoms with E-state index < -0.39 is 0 Å². The lowest BCUT2D eigenvalue weighted by Crippen LogP contribution is -2.44. The highest BCUT2D eigenvalue weighted by atomic mass is 15.3. The minimum absolute atomic E-state index is 0.0523. The Kier molecular flexibility index (Phi) is 7.44. The molecular weight excluding hydrogens is 502 g/mol. The Morgan fingerprint density at radius 3 is 2.02 bits per heavy atom. The van der Waals surface area contributed by atoms with Gasteiger partial charge in [-0.15, -0.1) is 0 Å². The maximum atomic E-state index is 5.01. The highest BCUT2D eigenvalue weighted by Gasteiger charge is 2.27. The van der Waals surface area contributed by atoms with E-state index in [9.17, 15) is 0 Å². The molecule has 4 heterocycles. The smallest absolute Gasteiger partial charge is 0.129 e. The molecule has 4 aromatic rings. The van der Waals surface area contributed by atoms with E-state index in [1.165, 1.54) is 57.5 Å². The SMILES string of the molecule is CN1CCN(c2cc3c(CC(C)(C)c4cccc5cc(N6CCCCC6)ncc45)ccc(C(C)(C)C)c3cn2)CC1. The minimum atomic E-state index is -0.0682. The molecule has 6 rings (SSSR count). The number of pyridine rings is 2. The monoisotopic (exact) mass is 549 g/mol. The predicted molar refractivity (Wildman–Crippen MR) is 175 cm³/mol. The van der Waals surface area contributed by atoms with Crippen molar-refractivity contribution in [2.24, 2.45) is 0 Å². The van der Waals surface area contributed by atoms with Gasteiger partial charge in [0.15, 0.2) is 0 Å². The topological polar surface area (TPSA) is 35.5 Å². The lowest BCUT2D eigenvalue weighted by Gasteiger charge is -2.34. The van der Waals surface area contributed by atoms with Crippen LogP contribution in [0.2, 0.25) is 0 Å². The van der Waals surface area contributed by atoms with Gasteiger partial charge in [-0.3, -0.25) is 0 Å². The largest absolute Gasteiger partial charge is 0.357 e. The van der Waals surface area contributed by atoms with Crippen LogP contribution >= 0.6 is 0 Å². The fourth-order valence-electron chi connectivity index (χ4n) is 6.92. The maximum absolute atomic E-state index is 5.01. The molecule has 2 saturated heterocycles. The van der Waals surface area contributed by atoms with Crippen LogP contribution in [0.1, 0.15) is 70.6 Å². The maximum Gasteiger partial charge on any atom is 0.129 e. The summed E-state index contributed by atoms with van der Waals surface area (Å²) in [4.78, 5) is 17.3. The summed E-state index contributed by atoms with van der Waals surface area (Å²) in [5.41, 5.74) is 4.11. The van der Waals surface area contributed by atoms with Crippen LogP contribution in [0.4, 0.5) is 11.6 Å². The van der Waals surface area contributed by atoms with Crippen molar-refractivity contribution in [2.75, 3.05) is 56.1 Å². The van der Waals surface area contributed by atoms with E-state index in [1.807, 2.05) is 0 Å². The van der Waals surface area contributed by atoms with E-state index in [0.29, 0.717) is 0 Å². The van der Waals surface area contributed by atoms with Gasteiger partial charge >= 0.3 is 0 Å². The molecule has 2 aliphatic heterocycles. The Bertz CT molecular complexity index is 1540. The van der Waals surface area contributed by atoms with Crippen LogP contribution < -0.4 is 9.80 Å². The van der Waals surface area contributed by atoms with E-state index >= 15 is 0 Å². The Hall–Kier alpha value is -3.18. The molecule has 0 atom stereocenters. The molecule has 0 amide bonds. The molecule has 0 saturated carbocycles. The van der Waals surface area contributed by atoms with Crippen LogP contribution in [0.3, 0.4) is 0 Å². The summed E-state index contributed by atoms with van der Waals surface area (Å²) in [5, 5.41) is 5.20. The van der Waals surface area contributed by atoms with Crippen molar-refractivity contribution in [1.29, 1.82) is 0 Å². The second kappa shape index (κ2) is 10.9. The van der Waals surface area contributed by atoms with Gasteiger partial charge in [-0.2, -0.15) is 0 Å². The van der Waals surface area contributed by atoms with Crippen molar-refractivity contribution in [1.82, 2.24) is 14.9 Å². The first kappa shape index (κ1) is 28.0. The van der Waals surface area contributed by atoms with Crippen LogP contribution in [-0.2, 0) is 17.3 Å². The number of piperidine rings is 1. The predicted octanol–water partition coefficient (Wildman–Crippen LogP) is 7.34. The molecule has 5 heteroatoms. The zero-order chi connectivity index (χ0) is 28.8. The average Bonchev–Trinajstić information content (AvgIpc) is 2.96. The van der Waals surface area contributed by atoms with Crippen molar-refractivity contribution in [3.05, 3.63) is 71.5 Å². The van der Waals surface area contributed by atoms with Crippen molar-refractivity contribution >= 4 is 33.2 Å². The number of nitrogens with zero attached hydrogens (tertiary/aromatic N) is 5. The van der Waals surface area contributed by atoms with Crippen LogP contribution in [0.5, 0.6) is 0 Å². The summed E-state index contributed by atoms with van der Waals surface area (Å²) in [6.45, 7) is 18.2. The zero-order valence-electron chi connectivity index (χ0n) is 26.0. The first-order valence-electron chi connectivity index (χ1n) is 15.6. The lowest BCUT2D eigenvalue weighted by molar-refractivity contribution is 0.312. The molecule has 216 valence electrons. The number of fused-ring (bicyclic) bond motifs is 2. The summed E-state index contributed by atoms with van der Waals surface area (Å²) in [6.07, 6.45) is 9.09. The Labute approximate surface area is 246 Å². The number of aromatic nitrogens is 2. The van der Waals surface area contributed by atoms with Gasteiger partial charge < -0.3 is 14.7 Å². The molecule has 2 aromatic heterocycles. The third kappa shape index (κ3) is 5.66. The van der Waals surface area contributed by atoms with E-state index in [2.05, 4.69) is 111 Å². The number of hydrogen-bond donors (Lipinski definition) is 0. The molecule has 0 unspecified atom stereocenters. The van der Waals surface area contributed by atoms with Crippen LogP contribution in [0.15, 0.2) is 54.9 Å². The van der Waals surface area contributed by atoms with E-state index in [1.54, 1.807) is 0 Å². The number of piperazine rings is 1. The van der Waals surface area contributed by atoms with Gasteiger partial charge in [0.05, 0.1) is 0 Å². The van der Waals surface area contributed by atoms with Gasteiger partial charge in [0, 0.05) is 62.4 Å². The quantitative estimate of drug-likeness (QED) is 0.260. The molecular formula is C36H47N5. The van der Waals surface area contributed by atoms with Crippen LogP contribution in [0, 0.1) is 0 Å². The van der Waals surface area contributed by atoms with Gasteiger partial charge in [-0.1, -0.05) is 65.0 Å². The molecule has 2 fully saturated rings. The van der Waals surface area contributed by atoms with Crippen LogP contribution in [0.25, 0.3) is 21.5 Å². The summed E-state index contributed by atoms with van der Waals surface area (Å²) in [7, 11) is 2.21. The molecule has 0 aliphatic carbocycles. The van der Waals surface area contributed by atoms with Crippen LogP contribution in [-0.4, -0.2) is 61.2 Å². The second-order valence-electron chi connectivity index (χ2n) is 14.1.